The van der Waals surface area contributed by atoms with E-state index in [2.05, 4.69) is 4.74 Å². The molecule has 0 spiro atoms. The summed E-state index contributed by atoms with van der Waals surface area (Å²) in [6.07, 6.45) is -0.292. The maximum Gasteiger partial charge on any atom is 0.340 e. The largest absolute Gasteiger partial charge is 0.467 e. The van der Waals surface area contributed by atoms with Gasteiger partial charge >= 0.3 is 11.9 Å². The molecule has 0 radical (unpaired) electrons. The molecule has 1 saturated heterocycles. The first-order chi connectivity index (χ1) is 12.1. The summed E-state index contributed by atoms with van der Waals surface area (Å²) in [5.41, 5.74) is -3.64. The highest BCUT2D eigenvalue weighted by Crippen LogP contribution is 2.43. The molecule has 1 aromatic carbocycles. The predicted molar refractivity (Wildman–Crippen MR) is 91.7 cm³/mol. The maximum atomic E-state index is 13.1. The average Bonchev–Trinajstić information content (AvgIpc) is 2.89. The molecular formula is C17H23NO7S. The molecule has 1 heterocycles. The van der Waals surface area contributed by atoms with E-state index in [-0.39, 0.29) is 24.5 Å². The van der Waals surface area contributed by atoms with Crippen LogP contribution in [0.5, 0.6) is 0 Å². The molecule has 1 N–H and O–H groups in total. The Bertz CT molecular complexity index is 805. The lowest BCUT2D eigenvalue weighted by molar-refractivity contribution is -0.182. The van der Waals surface area contributed by atoms with Crippen molar-refractivity contribution in [1.29, 1.82) is 0 Å². The highest BCUT2D eigenvalue weighted by molar-refractivity contribution is 7.89. The number of methoxy groups -OCH3 is 1. The first-order valence-electron chi connectivity index (χ1n) is 8.13. The zero-order valence-electron chi connectivity index (χ0n) is 15.2. The van der Waals surface area contributed by atoms with Gasteiger partial charge in [-0.2, -0.15) is 4.31 Å². The lowest BCUT2D eigenvalue weighted by Crippen LogP contribution is -2.66. The van der Waals surface area contributed by atoms with Gasteiger partial charge in [-0.05, 0) is 32.9 Å². The summed E-state index contributed by atoms with van der Waals surface area (Å²) in [5.74, 6) is -2.10. The summed E-state index contributed by atoms with van der Waals surface area (Å²) in [4.78, 5) is 24.8. The molecule has 1 aromatic rings. The highest BCUT2D eigenvalue weighted by Gasteiger charge is 2.69. The number of carbonyl (C=O) groups is 2. The van der Waals surface area contributed by atoms with Crippen LogP contribution in [-0.4, -0.2) is 61.2 Å². The van der Waals surface area contributed by atoms with Gasteiger partial charge in [0.2, 0.25) is 10.0 Å². The first kappa shape index (κ1) is 20.3. The van der Waals surface area contributed by atoms with Gasteiger partial charge in [0.15, 0.2) is 11.1 Å². The fraction of sp³-hybridized carbons (Fsp3) is 0.529. The number of sulfonamides is 1. The minimum absolute atomic E-state index is 0.0376. The van der Waals surface area contributed by atoms with Crippen molar-refractivity contribution in [2.45, 2.75) is 43.2 Å². The lowest BCUT2D eigenvalue weighted by atomic mass is 9.82. The number of rotatable bonds is 5. The molecule has 0 unspecified atom stereocenters. The van der Waals surface area contributed by atoms with E-state index in [1.807, 2.05) is 6.92 Å². The van der Waals surface area contributed by atoms with Crippen LogP contribution in [0.3, 0.4) is 0 Å². The Hall–Kier alpha value is -1.97. The minimum Gasteiger partial charge on any atom is -0.467 e. The van der Waals surface area contributed by atoms with Crippen molar-refractivity contribution in [3.8, 4) is 0 Å². The van der Waals surface area contributed by atoms with E-state index in [4.69, 9.17) is 4.74 Å². The van der Waals surface area contributed by atoms with Gasteiger partial charge in [-0.25, -0.2) is 18.0 Å². The van der Waals surface area contributed by atoms with E-state index in [1.54, 1.807) is 19.1 Å². The van der Waals surface area contributed by atoms with Gasteiger partial charge in [0, 0.05) is 13.0 Å². The Morgan fingerprint density at radius 2 is 1.81 bits per heavy atom. The Labute approximate surface area is 152 Å². The molecular weight excluding hydrogens is 362 g/mol. The predicted octanol–water partition coefficient (Wildman–Crippen LogP) is 0.615. The molecule has 0 aromatic heterocycles. The number of hydrogen-bond donors (Lipinski definition) is 1. The van der Waals surface area contributed by atoms with Crippen molar-refractivity contribution >= 4 is 22.0 Å². The number of benzene rings is 1. The highest BCUT2D eigenvalue weighted by atomic mass is 32.2. The Morgan fingerprint density at radius 3 is 2.31 bits per heavy atom. The first-order valence-corrected chi connectivity index (χ1v) is 9.57. The van der Waals surface area contributed by atoms with Crippen LogP contribution in [0.2, 0.25) is 0 Å². The second-order valence-corrected chi connectivity index (χ2v) is 8.15. The smallest absolute Gasteiger partial charge is 0.340 e. The zero-order valence-corrected chi connectivity index (χ0v) is 16.0. The fourth-order valence-electron chi connectivity index (χ4n) is 3.15. The van der Waals surface area contributed by atoms with Crippen LogP contribution in [0.25, 0.3) is 0 Å². The van der Waals surface area contributed by atoms with E-state index in [9.17, 15) is 23.1 Å². The second kappa shape index (κ2) is 6.98. The van der Waals surface area contributed by atoms with E-state index in [1.165, 1.54) is 19.1 Å². The zero-order chi connectivity index (χ0) is 19.8. The summed E-state index contributed by atoms with van der Waals surface area (Å²) < 4.78 is 36.7. The molecule has 0 saturated carbocycles. The van der Waals surface area contributed by atoms with Crippen molar-refractivity contribution in [2.24, 2.45) is 0 Å². The van der Waals surface area contributed by atoms with Crippen LogP contribution in [0, 0.1) is 6.92 Å². The molecule has 0 bridgehead atoms. The SMILES string of the molecule is CCOC(=O)[C@]1(C)N(S(=O)(=O)c2ccc(C)cc2)CC[C@@]1(O)C(=O)OC. The summed E-state index contributed by atoms with van der Waals surface area (Å²) >= 11 is 0. The van der Waals surface area contributed by atoms with Crippen molar-refractivity contribution in [3.05, 3.63) is 29.8 Å². The van der Waals surface area contributed by atoms with E-state index >= 15 is 0 Å². The summed E-state index contributed by atoms with van der Waals surface area (Å²) in [6, 6.07) is 6.06. The number of hydrogen-bond acceptors (Lipinski definition) is 7. The number of ether oxygens (including phenoxy) is 2. The third-order valence-corrected chi connectivity index (χ3v) is 6.78. The Kier molecular flexibility index (Phi) is 5.46. The molecule has 1 fully saturated rings. The molecule has 0 aliphatic carbocycles. The Balaban J connectivity index is 2.61. The quantitative estimate of drug-likeness (QED) is 0.740. The minimum atomic E-state index is -4.17. The van der Waals surface area contributed by atoms with Crippen LogP contribution < -0.4 is 0 Å². The van der Waals surface area contributed by atoms with Crippen molar-refractivity contribution < 1.29 is 32.6 Å². The topological polar surface area (TPSA) is 110 Å². The van der Waals surface area contributed by atoms with Crippen LogP contribution >= 0.6 is 0 Å². The van der Waals surface area contributed by atoms with Crippen LogP contribution in [0.15, 0.2) is 29.2 Å². The monoisotopic (exact) mass is 385 g/mol. The van der Waals surface area contributed by atoms with E-state index in [0.717, 1.165) is 17.0 Å². The maximum absolute atomic E-state index is 13.1. The van der Waals surface area contributed by atoms with Gasteiger partial charge in [0.25, 0.3) is 0 Å². The Morgan fingerprint density at radius 1 is 1.23 bits per heavy atom. The third kappa shape index (κ3) is 2.89. The summed E-state index contributed by atoms with van der Waals surface area (Å²) in [5, 5.41) is 10.9. The van der Waals surface area contributed by atoms with Gasteiger partial charge in [-0.3, -0.25) is 0 Å². The molecule has 0 amide bonds. The molecule has 9 heteroatoms. The van der Waals surface area contributed by atoms with Gasteiger partial charge in [0.05, 0.1) is 18.6 Å². The van der Waals surface area contributed by atoms with Gasteiger partial charge in [0.1, 0.15) is 0 Å². The number of esters is 2. The molecule has 144 valence electrons. The van der Waals surface area contributed by atoms with Crippen LogP contribution in [0.4, 0.5) is 0 Å². The average molecular weight is 385 g/mol. The van der Waals surface area contributed by atoms with Crippen molar-refractivity contribution in [3.63, 3.8) is 0 Å². The summed E-state index contributed by atoms with van der Waals surface area (Å²) in [7, 11) is -3.12. The number of aliphatic hydroxyl groups is 1. The number of carbonyl (C=O) groups excluding carboxylic acids is 2. The fourth-order valence-corrected chi connectivity index (χ4v) is 4.92. The summed E-state index contributed by atoms with van der Waals surface area (Å²) in [6.45, 7) is 4.26. The third-order valence-electron chi connectivity index (χ3n) is 4.79. The molecule has 2 rings (SSSR count). The molecule has 26 heavy (non-hydrogen) atoms. The standard InChI is InChI=1S/C17H23NO7S/c1-5-25-14(19)16(3)17(21,15(20)24-4)10-11-18(16)26(22,23)13-8-6-12(2)7-9-13/h6-9,21H,5,10-11H2,1-4H3/t16-,17+/m0/s1. The molecule has 2 atom stereocenters. The van der Waals surface area contributed by atoms with Gasteiger partial charge in [-0.15, -0.1) is 0 Å². The molecule has 1 aliphatic rings. The van der Waals surface area contributed by atoms with Crippen LogP contribution in [0.1, 0.15) is 25.8 Å². The van der Waals surface area contributed by atoms with E-state index in [0.29, 0.717) is 0 Å². The number of aryl methyl sites for hydroxylation is 1. The lowest BCUT2D eigenvalue weighted by Gasteiger charge is -2.39. The van der Waals surface area contributed by atoms with Crippen LogP contribution in [-0.2, 0) is 29.1 Å². The second-order valence-electron chi connectivity index (χ2n) is 6.28. The molecule has 1 aliphatic heterocycles. The number of nitrogens with zero attached hydrogens (tertiary/aromatic N) is 1. The van der Waals surface area contributed by atoms with Crippen molar-refractivity contribution in [1.82, 2.24) is 4.31 Å². The normalized spacial score (nSPS) is 26.5. The van der Waals surface area contributed by atoms with Gasteiger partial charge in [-0.1, -0.05) is 17.7 Å². The van der Waals surface area contributed by atoms with Gasteiger partial charge < -0.3 is 14.6 Å². The molecule has 8 nitrogen and oxygen atoms in total. The van der Waals surface area contributed by atoms with Crippen molar-refractivity contribution in [2.75, 3.05) is 20.3 Å². The van der Waals surface area contributed by atoms with E-state index < -0.39 is 33.1 Å².